The molecule has 1 aromatic carbocycles. The Balaban J connectivity index is 1.42. The maximum absolute atomic E-state index is 12.3. The van der Waals surface area contributed by atoms with Gasteiger partial charge < -0.3 is 11.1 Å². The first-order valence-corrected chi connectivity index (χ1v) is 10.0. The van der Waals surface area contributed by atoms with Gasteiger partial charge in [-0.1, -0.05) is 37.3 Å². The number of nitrogens with one attached hydrogen (secondary N) is 1. The van der Waals surface area contributed by atoms with Crippen LogP contribution in [0.25, 0.3) is 0 Å². The van der Waals surface area contributed by atoms with Crippen LogP contribution in [0, 0.1) is 5.92 Å². The molecule has 3 rings (SSSR count). The molecule has 1 amide bonds. The van der Waals surface area contributed by atoms with Gasteiger partial charge in [-0.2, -0.15) is 0 Å². The fraction of sp³-hybridized carbons (Fsp3) is 0.500. The lowest BCUT2D eigenvalue weighted by Gasteiger charge is -2.19. The predicted octanol–water partition coefficient (Wildman–Crippen LogP) is 3.41. The predicted molar refractivity (Wildman–Crippen MR) is 103 cm³/mol. The molecule has 134 valence electrons. The van der Waals surface area contributed by atoms with E-state index in [1.165, 1.54) is 34.8 Å². The third-order valence-electron chi connectivity index (χ3n) is 4.89. The van der Waals surface area contributed by atoms with Crippen LogP contribution in [0.2, 0.25) is 0 Å². The maximum Gasteiger partial charge on any atom is 0.224 e. The van der Waals surface area contributed by atoms with Crippen molar-refractivity contribution in [1.82, 2.24) is 10.3 Å². The van der Waals surface area contributed by atoms with E-state index in [4.69, 9.17) is 10.7 Å². The van der Waals surface area contributed by atoms with Crippen molar-refractivity contribution in [3.63, 3.8) is 0 Å². The highest BCUT2D eigenvalue weighted by molar-refractivity contribution is 7.11. The zero-order valence-electron chi connectivity index (χ0n) is 14.8. The van der Waals surface area contributed by atoms with Crippen molar-refractivity contribution in [1.29, 1.82) is 0 Å². The summed E-state index contributed by atoms with van der Waals surface area (Å²) in [6.07, 6.45) is 6.76. The van der Waals surface area contributed by atoms with E-state index in [0.29, 0.717) is 6.54 Å². The zero-order chi connectivity index (χ0) is 17.6. The van der Waals surface area contributed by atoms with Crippen LogP contribution in [0.4, 0.5) is 0 Å². The number of nitrogens with two attached hydrogens (primary N) is 1. The van der Waals surface area contributed by atoms with Crippen molar-refractivity contribution < 1.29 is 4.79 Å². The van der Waals surface area contributed by atoms with Crippen molar-refractivity contribution >= 4 is 17.2 Å². The molecule has 4 nitrogen and oxygen atoms in total. The highest BCUT2D eigenvalue weighted by atomic mass is 32.1. The fourth-order valence-corrected chi connectivity index (χ4v) is 4.45. The molecule has 2 unspecified atom stereocenters. The number of carbonyl (C=O) groups excluding carboxylic acids is 1. The Labute approximate surface area is 153 Å². The molecule has 0 fully saturated rings. The van der Waals surface area contributed by atoms with Crippen molar-refractivity contribution in [2.45, 2.75) is 51.5 Å². The van der Waals surface area contributed by atoms with Crippen molar-refractivity contribution in [2.24, 2.45) is 11.7 Å². The normalized spacial score (nSPS) is 16.1. The van der Waals surface area contributed by atoms with Gasteiger partial charge >= 0.3 is 0 Å². The van der Waals surface area contributed by atoms with Gasteiger partial charge in [0.15, 0.2) is 0 Å². The number of benzene rings is 1. The topological polar surface area (TPSA) is 68.0 Å². The van der Waals surface area contributed by atoms with Crippen LogP contribution in [0.15, 0.2) is 30.3 Å². The molecule has 1 heterocycles. The van der Waals surface area contributed by atoms with Crippen molar-refractivity contribution in [3.05, 3.63) is 51.5 Å². The summed E-state index contributed by atoms with van der Waals surface area (Å²) < 4.78 is 0. The Hall–Kier alpha value is -1.72. The average molecular weight is 358 g/mol. The molecule has 3 N–H and O–H groups in total. The maximum atomic E-state index is 12.3. The summed E-state index contributed by atoms with van der Waals surface area (Å²) in [4.78, 5) is 18.6. The molecule has 0 spiro atoms. The van der Waals surface area contributed by atoms with E-state index in [1.807, 2.05) is 48.6 Å². The van der Waals surface area contributed by atoms with E-state index in [2.05, 4.69) is 5.32 Å². The van der Waals surface area contributed by atoms with Crippen LogP contribution in [-0.4, -0.2) is 17.4 Å². The minimum absolute atomic E-state index is 0.0230. The van der Waals surface area contributed by atoms with E-state index in [9.17, 15) is 4.79 Å². The molecule has 2 aromatic rings. The quantitative estimate of drug-likeness (QED) is 0.746. The minimum atomic E-state index is -0.271. The number of hydrogen-bond donors (Lipinski definition) is 2. The third kappa shape index (κ3) is 4.67. The standard InChI is InChI=1S/C20H27N3OS/c1-14(19(21)15-8-3-2-4-9-15)20(24)22-13-7-12-18-23-16-10-5-6-11-17(16)25-18/h2-4,8-9,14,19H,5-7,10-13,21H2,1H3,(H,22,24). The summed E-state index contributed by atoms with van der Waals surface area (Å²) in [6.45, 7) is 2.57. The molecular formula is C20H27N3OS. The number of thiazole rings is 1. The number of aromatic nitrogens is 1. The summed E-state index contributed by atoms with van der Waals surface area (Å²) in [5, 5.41) is 4.24. The van der Waals surface area contributed by atoms with Gasteiger partial charge in [-0.3, -0.25) is 4.79 Å². The molecule has 0 aliphatic heterocycles. The van der Waals surface area contributed by atoms with Crippen LogP contribution in [0.1, 0.15) is 53.4 Å². The Morgan fingerprint density at radius 3 is 2.80 bits per heavy atom. The van der Waals surface area contributed by atoms with Gasteiger partial charge in [-0.15, -0.1) is 11.3 Å². The second-order valence-corrected chi connectivity index (χ2v) is 7.97. The molecule has 0 saturated carbocycles. The molecule has 0 bridgehead atoms. The monoisotopic (exact) mass is 357 g/mol. The molecule has 1 aromatic heterocycles. The Morgan fingerprint density at radius 1 is 1.28 bits per heavy atom. The first-order valence-electron chi connectivity index (χ1n) is 9.21. The number of rotatable bonds is 7. The number of nitrogens with zero attached hydrogens (tertiary/aromatic N) is 1. The number of hydrogen-bond acceptors (Lipinski definition) is 4. The van der Waals surface area contributed by atoms with Crippen LogP contribution < -0.4 is 11.1 Å². The van der Waals surface area contributed by atoms with Crippen LogP contribution >= 0.6 is 11.3 Å². The highest BCUT2D eigenvalue weighted by Crippen LogP contribution is 2.27. The number of carbonyl (C=O) groups is 1. The van der Waals surface area contributed by atoms with E-state index in [1.54, 1.807) is 0 Å². The van der Waals surface area contributed by atoms with Gasteiger partial charge in [-0.25, -0.2) is 4.98 Å². The minimum Gasteiger partial charge on any atom is -0.356 e. The first-order chi connectivity index (χ1) is 12.1. The van der Waals surface area contributed by atoms with Crippen LogP contribution in [0.3, 0.4) is 0 Å². The highest BCUT2D eigenvalue weighted by Gasteiger charge is 2.21. The lowest BCUT2D eigenvalue weighted by Crippen LogP contribution is -2.36. The first kappa shape index (κ1) is 18.1. The van der Waals surface area contributed by atoms with Gasteiger partial charge in [0.2, 0.25) is 5.91 Å². The summed E-state index contributed by atoms with van der Waals surface area (Å²) in [5.41, 5.74) is 8.54. The lowest BCUT2D eigenvalue weighted by atomic mass is 9.94. The molecule has 25 heavy (non-hydrogen) atoms. The summed E-state index contributed by atoms with van der Waals surface area (Å²) in [7, 11) is 0. The Kier molecular flexibility index (Phi) is 6.21. The Bertz CT molecular complexity index is 675. The molecule has 0 radical (unpaired) electrons. The van der Waals surface area contributed by atoms with E-state index >= 15 is 0 Å². The van der Waals surface area contributed by atoms with Gasteiger partial charge in [0.25, 0.3) is 0 Å². The fourth-order valence-electron chi connectivity index (χ4n) is 3.25. The molecule has 0 saturated heterocycles. The Morgan fingerprint density at radius 2 is 2.04 bits per heavy atom. The molecule has 5 heteroatoms. The number of fused-ring (bicyclic) bond motifs is 1. The lowest BCUT2D eigenvalue weighted by molar-refractivity contribution is -0.125. The SMILES string of the molecule is CC(C(=O)NCCCc1nc2c(s1)CCCC2)C(N)c1ccccc1. The largest absolute Gasteiger partial charge is 0.356 e. The van der Waals surface area contributed by atoms with E-state index in [-0.39, 0.29) is 17.9 Å². The van der Waals surface area contributed by atoms with E-state index in [0.717, 1.165) is 24.8 Å². The number of aryl methyl sites for hydroxylation is 3. The third-order valence-corrected chi connectivity index (χ3v) is 6.11. The van der Waals surface area contributed by atoms with Crippen molar-refractivity contribution in [3.8, 4) is 0 Å². The van der Waals surface area contributed by atoms with Crippen LogP contribution in [0.5, 0.6) is 0 Å². The summed E-state index contributed by atoms with van der Waals surface area (Å²) >= 11 is 1.86. The van der Waals surface area contributed by atoms with E-state index < -0.39 is 0 Å². The zero-order valence-corrected chi connectivity index (χ0v) is 15.6. The average Bonchev–Trinajstić information content (AvgIpc) is 3.07. The second kappa shape index (κ2) is 8.59. The molecule has 1 aliphatic rings. The number of amides is 1. The van der Waals surface area contributed by atoms with Crippen molar-refractivity contribution in [2.75, 3.05) is 6.54 Å². The molecule has 1 aliphatic carbocycles. The molecule has 2 atom stereocenters. The van der Waals surface area contributed by atoms with Gasteiger partial charge in [0, 0.05) is 23.9 Å². The summed E-state index contributed by atoms with van der Waals surface area (Å²) in [6, 6.07) is 9.53. The second-order valence-electron chi connectivity index (χ2n) is 6.80. The molecular weight excluding hydrogens is 330 g/mol. The van der Waals surface area contributed by atoms with Crippen LogP contribution in [-0.2, 0) is 24.1 Å². The van der Waals surface area contributed by atoms with Gasteiger partial charge in [0.1, 0.15) is 0 Å². The van der Waals surface area contributed by atoms with Gasteiger partial charge in [0.05, 0.1) is 16.6 Å². The summed E-state index contributed by atoms with van der Waals surface area (Å²) in [5.74, 6) is -0.218. The van der Waals surface area contributed by atoms with Gasteiger partial charge in [-0.05, 0) is 37.7 Å². The smallest absolute Gasteiger partial charge is 0.224 e.